The molecule has 3 aromatic heterocycles. The Morgan fingerprint density at radius 3 is 2.83 bits per heavy atom. The molecule has 1 aliphatic heterocycles. The van der Waals surface area contributed by atoms with Gasteiger partial charge in [-0.25, -0.2) is 9.97 Å². The summed E-state index contributed by atoms with van der Waals surface area (Å²) in [5, 5.41) is 3.92. The lowest BCUT2D eigenvalue weighted by Gasteiger charge is -2.26. The second-order valence-corrected chi connectivity index (χ2v) is 10.4. The average molecular weight is 503 g/mol. The number of alkyl halides is 2. The lowest BCUT2D eigenvalue weighted by molar-refractivity contribution is -0.247. The number of anilines is 2. The number of nitrogens with two attached hydrogens (primary N) is 2. The Morgan fingerprint density at radius 1 is 1.26 bits per heavy atom. The maximum absolute atomic E-state index is 13.3. The van der Waals surface area contributed by atoms with E-state index < -0.39 is 18.3 Å². The van der Waals surface area contributed by atoms with Crippen LogP contribution < -0.4 is 21.7 Å². The summed E-state index contributed by atoms with van der Waals surface area (Å²) >= 11 is 1.31. The average Bonchev–Trinajstić information content (AvgIpc) is 3.31. The number of pyridine rings is 2. The molecule has 5 N–H and O–H groups in total. The number of nitrogen functional groups attached to an aromatic ring is 1. The Hall–Kier alpha value is -2.89. The number of aryl methyl sites for hydroxylation is 2. The number of nitrogens with zero attached hydrogens (tertiary/aromatic N) is 3. The van der Waals surface area contributed by atoms with Crippen LogP contribution in [0, 0.1) is 6.92 Å². The molecule has 1 fully saturated rings. The van der Waals surface area contributed by atoms with Gasteiger partial charge >= 0.3 is 6.11 Å². The highest BCUT2D eigenvalue weighted by Gasteiger charge is 2.38. The highest BCUT2D eigenvalue weighted by molar-refractivity contribution is 7.21. The number of hydrogen-bond acceptors (Lipinski definition) is 8. The van der Waals surface area contributed by atoms with Gasteiger partial charge in [0.15, 0.2) is 0 Å². The van der Waals surface area contributed by atoms with Crippen LogP contribution in [0.2, 0.25) is 0 Å². The standard InChI is InChI=1S/C24H28F2N6O2S/c1-12-3-6-15-20(28)21(35-23(15)29-12)22(33)30-14-5-7-17-13(9-14)4-8-19(31-17)32-10-16(27)18(11-32)34-24(2,25)26/h3-4,6,8,14,16,18H,5,7,9-11,27-28H2,1-2H3,(H,30,33)/t14-,16+,18-/m0/s1. The van der Waals surface area contributed by atoms with E-state index in [4.69, 9.17) is 21.2 Å². The van der Waals surface area contributed by atoms with Crippen molar-refractivity contribution in [3.63, 3.8) is 0 Å². The predicted molar refractivity (Wildman–Crippen MR) is 132 cm³/mol. The minimum Gasteiger partial charge on any atom is -0.397 e. The summed E-state index contributed by atoms with van der Waals surface area (Å²) < 4.78 is 31.4. The van der Waals surface area contributed by atoms with Crippen molar-refractivity contribution < 1.29 is 18.3 Å². The molecule has 1 amide bonds. The van der Waals surface area contributed by atoms with Crippen molar-refractivity contribution in [2.45, 2.75) is 57.4 Å². The van der Waals surface area contributed by atoms with Crippen molar-refractivity contribution in [2.24, 2.45) is 5.73 Å². The predicted octanol–water partition coefficient (Wildman–Crippen LogP) is 3.01. The van der Waals surface area contributed by atoms with Crippen LogP contribution in [0.4, 0.5) is 20.3 Å². The fraction of sp³-hybridized carbons (Fsp3) is 0.458. The van der Waals surface area contributed by atoms with Gasteiger partial charge in [-0.3, -0.25) is 4.79 Å². The Labute approximate surface area is 205 Å². The zero-order valence-electron chi connectivity index (χ0n) is 19.6. The number of amides is 1. The Morgan fingerprint density at radius 2 is 2.06 bits per heavy atom. The molecule has 1 saturated heterocycles. The number of rotatable bonds is 5. The zero-order chi connectivity index (χ0) is 24.9. The van der Waals surface area contributed by atoms with Gasteiger partial charge in [0.1, 0.15) is 15.5 Å². The molecule has 0 unspecified atom stereocenters. The number of thiophene rings is 1. The molecule has 3 atom stereocenters. The van der Waals surface area contributed by atoms with Gasteiger partial charge in [-0.2, -0.15) is 8.78 Å². The van der Waals surface area contributed by atoms with Crippen LogP contribution in [0.3, 0.4) is 0 Å². The molecule has 35 heavy (non-hydrogen) atoms. The number of ether oxygens (including phenoxy) is 1. The number of fused-ring (bicyclic) bond motifs is 2. The largest absolute Gasteiger partial charge is 0.397 e. The normalized spacial score (nSPS) is 22.4. The van der Waals surface area contributed by atoms with Gasteiger partial charge in [-0.1, -0.05) is 6.07 Å². The van der Waals surface area contributed by atoms with E-state index in [1.54, 1.807) is 0 Å². The van der Waals surface area contributed by atoms with Crippen molar-refractivity contribution >= 4 is 39.0 Å². The lowest BCUT2D eigenvalue weighted by atomic mass is 9.91. The molecule has 1 aliphatic carbocycles. The van der Waals surface area contributed by atoms with Crippen LogP contribution in [0.25, 0.3) is 10.2 Å². The summed E-state index contributed by atoms with van der Waals surface area (Å²) in [7, 11) is 0. The summed E-state index contributed by atoms with van der Waals surface area (Å²) in [4.78, 5) is 25.4. The zero-order valence-corrected chi connectivity index (χ0v) is 20.4. The van der Waals surface area contributed by atoms with Crippen molar-refractivity contribution in [2.75, 3.05) is 23.7 Å². The molecule has 0 saturated carbocycles. The number of halogens is 2. The van der Waals surface area contributed by atoms with Crippen molar-refractivity contribution in [3.05, 3.63) is 46.1 Å². The van der Waals surface area contributed by atoms with Crippen molar-refractivity contribution in [1.82, 2.24) is 15.3 Å². The molecule has 8 nitrogen and oxygen atoms in total. The number of carbonyl (C=O) groups excluding carboxylic acids is 1. The summed E-state index contributed by atoms with van der Waals surface area (Å²) in [6.45, 7) is 3.29. The van der Waals surface area contributed by atoms with Crippen molar-refractivity contribution in [3.8, 4) is 0 Å². The molecular formula is C24H28F2N6O2S. The Balaban J connectivity index is 1.25. The maximum atomic E-state index is 13.3. The fourth-order valence-corrected chi connectivity index (χ4v) is 5.83. The molecular weight excluding hydrogens is 474 g/mol. The van der Waals surface area contributed by atoms with Gasteiger partial charge in [0.25, 0.3) is 5.91 Å². The second-order valence-electron chi connectivity index (χ2n) is 9.37. The first-order valence-corrected chi connectivity index (χ1v) is 12.4. The first-order valence-electron chi connectivity index (χ1n) is 11.6. The molecule has 4 heterocycles. The molecule has 186 valence electrons. The lowest BCUT2D eigenvalue weighted by Crippen LogP contribution is -2.39. The molecule has 0 bridgehead atoms. The van der Waals surface area contributed by atoms with E-state index in [0.717, 1.165) is 40.5 Å². The van der Waals surface area contributed by atoms with Crippen LogP contribution in [0.15, 0.2) is 24.3 Å². The van der Waals surface area contributed by atoms with Gasteiger partial charge in [-0.05, 0) is 49.9 Å². The van der Waals surface area contributed by atoms with Crippen LogP contribution in [-0.4, -0.2) is 53.3 Å². The second kappa shape index (κ2) is 8.96. The Bertz CT molecular complexity index is 1280. The third-order valence-electron chi connectivity index (χ3n) is 6.52. The SMILES string of the molecule is Cc1ccc2c(N)c(C(=O)N[C@H]3CCc4nc(N5C[C@@H](N)[C@@H](OC(C)(F)F)C5)ccc4C3)sc2n1. The number of aromatic nitrogens is 2. The third kappa shape index (κ3) is 4.93. The third-order valence-corrected chi connectivity index (χ3v) is 7.63. The number of carbonyl (C=O) groups is 1. The molecule has 2 aliphatic rings. The van der Waals surface area contributed by atoms with Crippen molar-refractivity contribution in [1.29, 1.82) is 0 Å². The van der Waals surface area contributed by atoms with E-state index in [1.165, 1.54) is 11.3 Å². The highest BCUT2D eigenvalue weighted by atomic mass is 32.1. The van der Waals surface area contributed by atoms with E-state index in [9.17, 15) is 13.6 Å². The Kier molecular flexibility index (Phi) is 6.10. The van der Waals surface area contributed by atoms with Gasteiger partial charge < -0.3 is 26.4 Å². The quantitative estimate of drug-likeness (QED) is 0.491. The summed E-state index contributed by atoms with van der Waals surface area (Å²) in [6.07, 6.45) is -1.89. The molecule has 3 aromatic rings. The number of hydrogen-bond donors (Lipinski definition) is 3. The maximum Gasteiger partial charge on any atom is 0.353 e. The first kappa shape index (κ1) is 23.8. The summed E-state index contributed by atoms with van der Waals surface area (Å²) in [5.41, 5.74) is 15.6. The molecule has 0 aromatic carbocycles. The van der Waals surface area contributed by atoms with Gasteiger partial charge in [0.2, 0.25) is 0 Å². The molecule has 0 spiro atoms. The molecule has 0 radical (unpaired) electrons. The first-order chi connectivity index (χ1) is 16.6. The monoisotopic (exact) mass is 502 g/mol. The minimum absolute atomic E-state index is 0.0354. The topological polar surface area (TPSA) is 119 Å². The van der Waals surface area contributed by atoms with E-state index in [2.05, 4.69) is 10.3 Å². The van der Waals surface area contributed by atoms with Gasteiger partial charge in [-0.15, -0.1) is 11.3 Å². The highest BCUT2D eigenvalue weighted by Crippen LogP contribution is 2.33. The molecule has 11 heteroatoms. The van der Waals surface area contributed by atoms with Crippen LogP contribution >= 0.6 is 11.3 Å². The van der Waals surface area contributed by atoms with E-state index >= 15 is 0 Å². The van der Waals surface area contributed by atoms with E-state index in [0.29, 0.717) is 35.8 Å². The molecule has 5 rings (SSSR count). The minimum atomic E-state index is -3.23. The van der Waals surface area contributed by atoms with Gasteiger partial charge in [0.05, 0.1) is 17.8 Å². The van der Waals surface area contributed by atoms with E-state index in [-0.39, 0.29) is 18.5 Å². The van der Waals surface area contributed by atoms with Crippen LogP contribution in [0.1, 0.15) is 40.0 Å². The van der Waals surface area contributed by atoms with Gasteiger partial charge in [0, 0.05) is 42.8 Å². The smallest absolute Gasteiger partial charge is 0.353 e. The summed E-state index contributed by atoms with van der Waals surface area (Å²) in [6, 6.07) is 7.10. The number of nitrogens with one attached hydrogen (secondary N) is 1. The summed E-state index contributed by atoms with van der Waals surface area (Å²) in [5.74, 6) is 0.513. The van der Waals surface area contributed by atoms with E-state index in [1.807, 2.05) is 36.1 Å². The van der Waals surface area contributed by atoms with Crippen LogP contribution in [-0.2, 0) is 17.6 Å². The van der Waals surface area contributed by atoms with Crippen LogP contribution in [0.5, 0.6) is 0 Å². The fourth-order valence-electron chi connectivity index (χ4n) is 4.78.